The second kappa shape index (κ2) is 28.7. The third-order valence-corrected chi connectivity index (χ3v) is 25.2. The number of aliphatic hydroxyl groups excluding tert-OH is 2. The number of hydrogen-bond acceptors (Lipinski definition) is 16. The molecule has 3 aromatic carbocycles. The fraction of sp³-hybridized carbons (Fsp3) is 0.575. The van der Waals surface area contributed by atoms with Gasteiger partial charge in [0.15, 0.2) is 17.3 Å². The fourth-order valence-corrected chi connectivity index (χ4v) is 21.9. The molecule has 16 atom stereocenters. The first kappa shape index (κ1) is 63.8. The summed E-state index contributed by atoms with van der Waals surface area (Å²) >= 11 is 0. The molecule has 1 spiro atoms. The molecule has 1 saturated heterocycles. The highest BCUT2D eigenvalue weighted by molar-refractivity contribution is 8.76. The number of guanidine groups is 1. The van der Waals surface area contributed by atoms with Crippen molar-refractivity contribution in [3.8, 4) is 23.5 Å². The second-order valence-electron chi connectivity index (χ2n) is 28.0. The number of Topliss-reactive ketones (excluding diaryl/α,β-unsaturated/α-hetero) is 1. The topological polar surface area (TPSA) is 229 Å². The van der Waals surface area contributed by atoms with E-state index in [1.165, 1.54) is 42.7 Å². The van der Waals surface area contributed by atoms with Crippen molar-refractivity contribution in [2.75, 3.05) is 57.9 Å². The number of nitrogens with two attached hydrogens (primary N) is 2. The number of rotatable bonds is 12. The zero-order valence-electron chi connectivity index (χ0n) is 52.3. The average molecular weight is 1250 g/mol. The van der Waals surface area contributed by atoms with Gasteiger partial charge in [0.25, 0.3) is 0 Å². The molecule has 89 heavy (non-hydrogen) atoms. The summed E-state index contributed by atoms with van der Waals surface area (Å²) in [6.07, 6.45) is 22.7. The molecule has 3 aromatic rings. The molecule has 6 aliphatic heterocycles. The Morgan fingerprint density at radius 2 is 1.78 bits per heavy atom. The van der Waals surface area contributed by atoms with Crippen LogP contribution in [0.4, 0.5) is 0 Å². The van der Waals surface area contributed by atoms with Gasteiger partial charge in [0.05, 0.1) is 32.4 Å². The van der Waals surface area contributed by atoms with Gasteiger partial charge >= 0.3 is 0 Å². The Kier molecular flexibility index (Phi) is 20.5. The largest absolute Gasteiger partial charge is 0.504 e. The summed E-state index contributed by atoms with van der Waals surface area (Å²) in [5, 5.41) is 53.0. The summed E-state index contributed by atoms with van der Waals surface area (Å²) < 4.78 is 5.70. The number of hydrogen-bond donors (Lipinski definition) is 10. The summed E-state index contributed by atoms with van der Waals surface area (Å²) in [4.78, 5) is 34.0. The van der Waals surface area contributed by atoms with E-state index in [1.807, 2.05) is 34.7 Å². The van der Waals surface area contributed by atoms with E-state index in [1.54, 1.807) is 12.1 Å². The minimum Gasteiger partial charge on any atom is -0.504 e. The summed E-state index contributed by atoms with van der Waals surface area (Å²) in [7, 11) is 5.42. The number of aromatic hydroxyl groups is 1. The van der Waals surface area contributed by atoms with Crippen LogP contribution in [0, 0.1) is 82.0 Å². The third kappa shape index (κ3) is 14.2. The lowest BCUT2D eigenvalue weighted by Crippen LogP contribution is -2.57. The molecular weight excluding hydrogens is 1150 g/mol. The molecule has 6 bridgehead atoms. The van der Waals surface area contributed by atoms with E-state index in [0.29, 0.717) is 108 Å². The number of allylic oxidation sites excluding steroid dienone is 3. The second-order valence-corrected chi connectivity index (χ2v) is 30.5. The predicted molar refractivity (Wildman–Crippen MR) is 359 cm³/mol. The number of aliphatic imine (C=N–C) groups is 1. The number of aliphatic hydroxyl groups is 2. The van der Waals surface area contributed by atoms with Gasteiger partial charge in [-0.25, -0.2) is 0 Å². The highest BCUT2D eigenvalue weighted by Gasteiger charge is 2.68. The Morgan fingerprint density at radius 3 is 2.62 bits per heavy atom. The van der Waals surface area contributed by atoms with Crippen LogP contribution in [-0.2, 0) is 35.3 Å². The van der Waals surface area contributed by atoms with E-state index < -0.39 is 18.9 Å². The van der Waals surface area contributed by atoms with Gasteiger partial charge in [0.1, 0.15) is 5.78 Å². The highest BCUT2D eigenvalue weighted by atomic mass is 33.1. The zero-order chi connectivity index (χ0) is 61.7. The van der Waals surface area contributed by atoms with Gasteiger partial charge in [-0.15, -0.1) is 0 Å². The van der Waals surface area contributed by atoms with Crippen molar-refractivity contribution in [3.63, 3.8) is 0 Å². The van der Waals surface area contributed by atoms with Crippen LogP contribution in [0.2, 0.25) is 0 Å². The molecule has 16 heteroatoms. The standard InChI is InChI=1S/C73H96N8O6S2/c1-45(83)39-80-68-38-72(37-63-59-20-23-76-40-54(59)29-51-12-7-22-77-70(51)63)36-49-15-16-67(72)73(68)21-17-50-18-24-78-71(75)79-25-19-52(43-88-89-44-64(50)73)61(28-48-11-6-10-47(26-48)14-13-46-8-4-3-5-9-46)62-35-69(74)81-41-55(62)30-53-32-65(86)66(87-2)34-60(53)56(42-82)31-58(85)33-57(84)27-49/h3-12,26,31-32,34-35,41,45,49-52,54,59,61,63-64,67-70,76-77,80-83,86H,13-18,20-24,27-30,33,36-40,42-44,74H2,1-2H3,(H3,75,78,79)/b56-31+/t45-,49+,50+,51-,52-,54-,59+,61-,63-,64+,67-,68-,69?,70+,72+,73-/m0/s1. The van der Waals surface area contributed by atoms with Gasteiger partial charge in [0, 0.05) is 73.7 Å². The van der Waals surface area contributed by atoms with Crippen molar-refractivity contribution < 1.29 is 29.6 Å². The van der Waals surface area contributed by atoms with E-state index >= 15 is 0 Å². The number of dihydropyridines is 1. The molecule has 5 fully saturated rings. The lowest BCUT2D eigenvalue weighted by atomic mass is 9.51. The maximum absolute atomic E-state index is 14.7. The van der Waals surface area contributed by atoms with Gasteiger partial charge in [-0.1, -0.05) is 94.3 Å². The molecule has 0 radical (unpaired) electrons. The van der Waals surface area contributed by atoms with Crippen molar-refractivity contribution in [1.29, 1.82) is 0 Å². The predicted octanol–water partition coefficient (Wildman–Crippen LogP) is 8.80. The first-order valence-corrected chi connectivity index (χ1v) is 35.9. The van der Waals surface area contributed by atoms with Crippen molar-refractivity contribution in [3.05, 3.63) is 136 Å². The fourth-order valence-electron chi connectivity index (χ4n) is 19.1. The molecule has 10 aliphatic rings. The molecule has 476 valence electrons. The minimum atomic E-state index is -0.509. The maximum atomic E-state index is 14.7. The van der Waals surface area contributed by atoms with Crippen LogP contribution < -0.4 is 42.8 Å². The van der Waals surface area contributed by atoms with E-state index in [9.17, 15) is 24.9 Å². The Bertz CT molecular complexity index is 3250. The molecule has 1 unspecified atom stereocenters. The highest BCUT2D eigenvalue weighted by Crippen LogP contribution is 2.72. The third-order valence-electron chi connectivity index (χ3n) is 22.7. The first-order chi connectivity index (χ1) is 43.3. The van der Waals surface area contributed by atoms with E-state index in [4.69, 9.17) is 21.2 Å². The normalized spacial score (nSPS) is 35.0. The number of ketones is 2. The summed E-state index contributed by atoms with van der Waals surface area (Å²) in [5.41, 5.74) is 20.8. The van der Waals surface area contributed by atoms with Crippen LogP contribution in [0.3, 0.4) is 0 Å². The van der Waals surface area contributed by atoms with Crippen LogP contribution in [-0.4, -0.2) is 115 Å². The zero-order valence-corrected chi connectivity index (χ0v) is 53.9. The minimum absolute atomic E-state index is 0.0634. The van der Waals surface area contributed by atoms with Gasteiger partial charge in [-0.2, -0.15) is 4.99 Å². The van der Waals surface area contributed by atoms with Crippen LogP contribution >= 0.6 is 21.6 Å². The van der Waals surface area contributed by atoms with Crippen LogP contribution in [0.25, 0.3) is 5.57 Å². The monoisotopic (exact) mass is 1240 g/mol. The van der Waals surface area contributed by atoms with E-state index in [2.05, 4.69) is 111 Å². The van der Waals surface area contributed by atoms with Crippen molar-refractivity contribution >= 4 is 44.7 Å². The smallest absolute Gasteiger partial charge is 0.202 e. The number of ether oxygens (including phenoxy) is 1. The maximum Gasteiger partial charge on any atom is 0.202 e. The summed E-state index contributed by atoms with van der Waals surface area (Å²) in [6, 6.07) is 26.7. The number of nitrogens with one attached hydrogen (secondary N) is 5. The molecule has 4 saturated carbocycles. The van der Waals surface area contributed by atoms with Crippen LogP contribution in [0.5, 0.6) is 11.5 Å². The van der Waals surface area contributed by atoms with Crippen molar-refractivity contribution in [2.45, 2.75) is 134 Å². The number of methoxy groups -OCH3 is 1. The number of phenolic OH excluding ortho intramolecular Hbond substituents is 1. The summed E-state index contributed by atoms with van der Waals surface area (Å²) in [5.74, 6) is 8.44. The number of aryl methyl sites for hydroxylation is 2. The number of benzene rings is 3. The van der Waals surface area contributed by atoms with Crippen molar-refractivity contribution in [1.82, 2.24) is 26.6 Å². The van der Waals surface area contributed by atoms with Crippen molar-refractivity contribution in [2.24, 2.45) is 86.5 Å². The van der Waals surface area contributed by atoms with Gasteiger partial charge in [-0.3, -0.25) is 9.59 Å². The van der Waals surface area contributed by atoms with E-state index in [0.717, 1.165) is 101 Å². The van der Waals surface area contributed by atoms with Crippen LogP contribution in [0.1, 0.15) is 112 Å². The Hall–Kier alpha value is -5.35. The Morgan fingerprint density at radius 1 is 0.944 bits per heavy atom. The first-order valence-electron chi connectivity index (χ1n) is 33.4. The molecule has 6 heterocycles. The lowest BCUT2D eigenvalue weighted by Gasteiger charge is -2.56. The number of carbonyl (C=O) groups is 2. The van der Waals surface area contributed by atoms with Gasteiger partial charge in [-0.05, 0) is 237 Å². The Balaban J connectivity index is 0.978. The van der Waals surface area contributed by atoms with Gasteiger partial charge < -0.3 is 58.1 Å². The SMILES string of the molecule is COc1cc2c(cc1O)CC1=CNC(N)C=C1[C@@H](Cc1cccc(CCc3ccccc3)c1)[C@H]1C#CN=C(N)NCC[C@H]3CC[C@]4([C@@H](NC[C@H](C)O)C[C@]5(C[C@H]6[C@@H]7CCNC[C@@H]7C[C@@H]7C=CCN[C@@H]67)C[C@H](CC[C@@H]54)CC(=O)CC(=O)/C=C/2CO)[C@@H]3CSSC1. The molecule has 4 aliphatic carbocycles. The molecular formula is C73H96N8O6S2. The molecule has 0 aromatic heterocycles. The molecule has 14 nitrogen and oxygen atoms in total. The number of phenols is 1. The molecule has 0 amide bonds. The average Bonchev–Trinajstić information content (AvgIpc) is 1.59. The summed E-state index contributed by atoms with van der Waals surface area (Å²) in [6.45, 7) is 5.64. The van der Waals surface area contributed by atoms with Crippen LogP contribution in [0.15, 0.2) is 113 Å². The molecule has 13 rings (SSSR count). The number of fused-ring (bicyclic) bond motifs is 7. The number of carbonyl (C=O) groups excluding carboxylic acids is 2. The Labute approximate surface area is 536 Å². The quantitative estimate of drug-likeness (QED) is 0.0354. The van der Waals surface area contributed by atoms with E-state index in [-0.39, 0.29) is 64.1 Å². The lowest BCUT2D eigenvalue weighted by molar-refractivity contribution is -0.126. The van der Waals surface area contributed by atoms with Gasteiger partial charge in [0.2, 0.25) is 5.96 Å². The number of nitrogens with zero attached hydrogens (tertiary/aromatic N) is 1. The number of piperidine rings is 1. The molecule has 12 N–H and O–H groups in total.